The van der Waals surface area contributed by atoms with Gasteiger partial charge in [0.2, 0.25) is 20.0 Å². The predicted molar refractivity (Wildman–Crippen MR) is 81.5 cm³/mol. The van der Waals surface area contributed by atoms with Crippen LogP contribution in [0.5, 0.6) is 0 Å². The summed E-state index contributed by atoms with van der Waals surface area (Å²) in [5, 5.41) is 0. The lowest BCUT2D eigenvalue weighted by atomic mass is 10.2. The summed E-state index contributed by atoms with van der Waals surface area (Å²) in [5.74, 6) is -0.283. The van der Waals surface area contributed by atoms with Crippen molar-refractivity contribution in [2.45, 2.75) is 11.8 Å². The second kappa shape index (κ2) is 6.52. The zero-order chi connectivity index (χ0) is 15.6. The molecule has 0 aliphatic rings. The van der Waals surface area contributed by atoms with E-state index in [0.29, 0.717) is 0 Å². The van der Waals surface area contributed by atoms with Gasteiger partial charge in [0.05, 0.1) is 10.6 Å². The van der Waals surface area contributed by atoms with Gasteiger partial charge in [-0.25, -0.2) is 25.9 Å². The topological polar surface area (TPSA) is 83.5 Å². The normalized spacial score (nSPS) is 12.8. The van der Waals surface area contributed by atoms with Crippen molar-refractivity contribution in [3.05, 3.63) is 28.2 Å². The highest BCUT2D eigenvalue weighted by molar-refractivity contribution is 9.10. The van der Waals surface area contributed by atoms with Crippen molar-refractivity contribution < 1.29 is 16.8 Å². The fourth-order valence-electron chi connectivity index (χ4n) is 1.36. The molecule has 0 fully saturated rings. The van der Waals surface area contributed by atoms with Crippen molar-refractivity contribution in [1.82, 2.24) is 9.03 Å². The summed E-state index contributed by atoms with van der Waals surface area (Å²) >= 11 is 3.29. The highest BCUT2D eigenvalue weighted by Gasteiger charge is 2.18. The Morgan fingerprint density at radius 1 is 1.20 bits per heavy atom. The summed E-state index contributed by atoms with van der Waals surface area (Å²) in [6.45, 7) is 1.61. The largest absolute Gasteiger partial charge is 0.240 e. The molecule has 0 saturated carbocycles. The minimum absolute atomic E-state index is 0.112. The van der Waals surface area contributed by atoms with Crippen LogP contribution in [-0.4, -0.2) is 47.5 Å². The number of halogens is 1. The third kappa shape index (κ3) is 4.52. The molecule has 0 aliphatic carbocycles. The van der Waals surface area contributed by atoms with Crippen molar-refractivity contribution in [2.75, 3.05) is 26.4 Å². The molecular formula is C11H17BrN2O4S2. The fraction of sp³-hybridized carbons (Fsp3) is 0.455. The number of nitrogens with zero attached hydrogens (tertiary/aromatic N) is 1. The number of hydrogen-bond donors (Lipinski definition) is 1. The summed E-state index contributed by atoms with van der Waals surface area (Å²) in [4.78, 5) is 0.112. The number of nitrogens with one attached hydrogen (secondary N) is 1. The van der Waals surface area contributed by atoms with E-state index >= 15 is 0 Å². The van der Waals surface area contributed by atoms with Gasteiger partial charge < -0.3 is 0 Å². The molecule has 9 heteroatoms. The van der Waals surface area contributed by atoms with E-state index in [9.17, 15) is 16.8 Å². The maximum absolute atomic E-state index is 12.0. The molecule has 0 radical (unpaired) electrons. The van der Waals surface area contributed by atoms with Crippen molar-refractivity contribution in [3.63, 3.8) is 0 Å². The van der Waals surface area contributed by atoms with E-state index in [0.717, 1.165) is 14.3 Å². The first-order chi connectivity index (χ1) is 9.06. The molecule has 0 aromatic heterocycles. The Balaban J connectivity index is 2.79. The number of aryl methyl sites for hydroxylation is 1. The molecule has 0 unspecified atom stereocenters. The Hall–Kier alpha value is -0.480. The molecule has 0 amide bonds. The first kappa shape index (κ1) is 17.6. The average Bonchev–Trinajstić information content (AvgIpc) is 2.31. The minimum atomic E-state index is -3.70. The predicted octanol–water partition coefficient (Wildman–Crippen LogP) is 0.927. The van der Waals surface area contributed by atoms with Gasteiger partial charge in [-0.15, -0.1) is 0 Å². The summed E-state index contributed by atoms with van der Waals surface area (Å²) < 4.78 is 51.3. The van der Waals surface area contributed by atoms with E-state index in [4.69, 9.17) is 0 Å². The van der Waals surface area contributed by atoms with E-state index in [2.05, 4.69) is 20.7 Å². The van der Waals surface area contributed by atoms with Crippen LogP contribution in [0.4, 0.5) is 0 Å². The number of sulfonamides is 2. The first-order valence-electron chi connectivity index (χ1n) is 5.72. The molecule has 1 aromatic rings. The van der Waals surface area contributed by atoms with Gasteiger partial charge in [0, 0.05) is 25.1 Å². The zero-order valence-corrected chi connectivity index (χ0v) is 14.6. The van der Waals surface area contributed by atoms with E-state index in [1.165, 1.54) is 26.2 Å². The average molecular weight is 385 g/mol. The third-order valence-electron chi connectivity index (χ3n) is 2.65. The lowest BCUT2D eigenvalue weighted by Crippen LogP contribution is -2.33. The van der Waals surface area contributed by atoms with Crippen molar-refractivity contribution in [2.24, 2.45) is 0 Å². The molecule has 0 bridgehead atoms. The summed E-state index contributed by atoms with van der Waals surface area (Å²) in [7, 11) is -4.31. The van der Waals surface area contributed by atoms with Gasteiger partial charge in [0.25, 0.3) is 0 Å². The van der Waals surface area contributed by atoms with Crippen LogP contribution in [0.2, 0.25) is 0 Å². The highest BCUT2D eigenvalue weighted by atomic mass is 79.9. The van der Waals surface area contributed by atoms with E-state index in [1.807, 2.05) is 0 Å². The van der Waals surface area contributed by atoms with Crippen LogP contribution in [0.1, 0.15) is 5.56 Å². The van der Waals surface area contributed by atoms with E-state index in [1.54, 1.807) is 13.0 Å². The molecule has 114 valence electrons. The Kier molecular flexibility index (Phi) is 5.73. The number of hydrogen-bond acceptors (Lipinski definition) is 4. The number of rotatable bonds is 6. The van der Waals surface area contributed by atoms with Gasteiger partial charge in [-0.3, -0.25) is 0 Å². The smallest absolute Gasteiger partial charge is 0.212 e. The number of benzene rings is 1. The molecule has 0 spiro atoms. The fourth-order valence-corrected chi connectivity index (χ4v) is 3.57. The van der Waals surface area contributed by atoms with Gasteiger partial charge in [-0.05, 0) is 30.7 Å². The minimum Gasteiger partial charge on any atom is -0.212 e. The Labute approximate surface area is 128 Å². The van der Waals surface area contributed by atoms with Gasteiger partial charge in [-0.1, -0.05) is 15.9 Å². The van der Waals surface area contributed by atoms with Gasteiger partial charge >= 0.3 is 0 Å². The highest BCUT2D eigenvalue weighted by Crippen LogP contribution is 2.19. The third-order valence-corrected chi connectivity index (χ3v) is 6.83. The molecule has 0 aliphatic heterocycles. The van der Waals surface area contributed by atoms with E-state index < -0.39 is 20.0 Å². The maximum Gasteiger partial charge on any atom is 0.240 e. The van der Waals surface area contributed by atoms with Crippen LogP contribution < -0.4 is 4.72 Å². The summed E-state index contributed by atoms with van der Waals surface area (Å²) in [6.07, 6.45) is 0. The monoisotopic (exact) mass is 384 g/mol. The molecule has 1 N–H and O–H groups in total. The zero-order valence-electron chi connectivity index (χ0n) is 11.4. The van der Waals surface area contributed by atoms with Crippen LogP contribution in [0.15, 0.2) is 27.6 Å². The standard InChI is InChI=1S/C11H17BrN2O4S2/c1-9-8-10(4-5-11(9)12)20(17,18)13-6-7-19(15,16)14(2)3/h4-5,8,13H,6-7H2,1-3H3. The molecule has 1 aromatic carbocycles. The second-order valence-electron chi connectivity index (χ2n) is 4.41. The van der Waals surface area contributed by atoms with Crippen LogP contribution >= 0.6 is 15.9 Å². The molecule has 1 rings (SSSR count). The molecule has 0 saturated heterocycles. The van der Waals surface area contributed by atoms with Gasteiger partial charge in [0.1, 0.15) is 0 Å². The Morgan fingerprint density at radius 3 is 2.30 bits per heavy atom. The summed E-state index contributed by atoms with van der Waals surface area (Å²) in [5.41, 5.74) is 0.786. The SMILES string of the molecule is Cc1cc(S(=O)(=O)NCCS(=O)(=O)N(C)C)ccc1Br. The second-order valence-corrected chi connectivity index (χ2v) is 9.33. The van der Waals surface area contributed by atoms with Crippen LogP contribution in [0.3, 0.4) is 0 Å². The summed E-state index contributed by atoms with van der Waals surface area (Å²) in [6, 6.07) is 4.62. The first-order valence-corrected chi connectivity index (χ1v) is 9.61. The van der Waals surface area contributed by atoms with Crippen molar-refractivity contribution in [3.8, 4) is 0 Å². The molecule has 0 heterocycles. The molecule has 0 atom stereocenters. The quantitative estimate of drug-likeness (QED) is 0.790. The Bertz CT molecular complexity index is 684. The molecule has 6 nitrogen and oxygen atoms in total. The van der Waals surface area contributed by atoms with Gasteiger partial charge in [-0.2, -0.15) is 0 Å². The van der Waals surface area contributed by atoms with Crippen LogP contribution in [-0.2, 0) is 20.0 Å². The maximum atomic E-state index is 12.0. The van der Waals surface area contributed by atoms with E-state index in [-0.39, 0.29) is 17.2 Å². The lowest BCUT2D eigenvalue weighted by Gasteiger charge is -2.12. The van der Waals surface area contributed by atoms with Crippen LogP contribution in [0.25, 0.3) is 0 Å². The van der Waals surface area contributed by atoms with Crippen LogP contribution in [0, 0.1) is 6.92 Å². The van der Waals surface area contributed by atoms with Crippen molar-refractivity contribution >= 4 is 36.0 Å². The molecule has 20 heavy (non-hydrogen) atoms. The lowest BCUT2D eigenvalue weighted by molar-refractivity contribution is 0.519. The van der Waals surface area contributed by atoms with Gasteiger partial charge in [0.15, 0.2) is 0 Å². The van der Waals surface area contributed by atoms with Crippen molar-refractivity contribution in [1.29, 1.82) is 0 Å². The Morgan fingerprint density at radius 2 is 1.80 bits per heavy atom. The molecular weight excluding hydrogens is 368 g/mol.